The van der Waals surface area contributed by atoms with Gasteiger partial charge in [-0.15, -0.1) is 26.3 Å². The van der Waals surface area contributed by atoms with Gasteiger partial charge in [0.05, 0.1) is 0 Å². The van der Waals surface area contributed by atoms with Gasteiger partial charge in [0.1, 0.15) is 0 Å². The van der Waals surface area contributed by atoms with Crippen LogP contribution in [0.3, 0.4) is 0 Å². The van der Waals surface area contributed by atoms with Crippen LogP contribution in [-0.4, -0.2) is 0 Å². The molecule has 8 aromatic carbocycles. The van der Waals surface area contributed by atoms with Gasteiger partial charge >= 0.3 is 0 Å². The van der Waals surface area contributed by atoms with Crippen molar-refractivity contribution >= 4 is 22.3 Å². The lowest BCUT2D eigenvalue weighted by molar-refractivity contribution is 0.466. The third-order valence-electron chi connectivity index (χ3n) is 18.2. The van der Waals surface area contributed by atoms with E-state index in [1.54, 1.807) is 5.57 Å². The smallest absolute Gasteiger partial charge is 0.00388 e. The number of benzene rings is 8. The fourth-order valence-electron chi connectivity index (χ4n) is 13.0. The second-order valence-electron chi connectivity index (χ2n) is 26.2. The lowest BCUT2D eigenvalue weighted by Crippen LogP contribution is -2.11. The maximum atomic E-state index is 3.90. The van der Waals surface area contributed by atoms with Crippen molar-refractivity contribution in [1.29, 1.82) is 0 Å². The molecule has 0 saturated carbocycles. The molecular formula is C101H100. The zero-order valence-corrected chi connectivity index (χ0v) is 60.0. The van der Waals surface area contributed by atoms with E-state index in [4.69, 9.17) is 0 Å². The number of hydrogen-bond acceptors (Lipinski definition) is 0. The molecule has 0 N–H and O–H groups in total. The first-order chi connectivity index (χ1) is 49.6. The van der Waals surface area contributed by atoms with Gasteiger partial charge in [0.15, 0.2) is 0 Å². The summed E-state index contributed by atoms with van der Waals surface area (Å²) >= 11 is 0. The van der Waals surface area contributed by atoms with Crippen molar-refractivity contribution in [3.63, 3.8) is 0 Å². The number of hydrogen-bond donors (Lipinski definition) is 0. The molecule has 0 amide bonds. The normalized spacial score (nSPS) is 13.4. The summed E-state index contributed by atoms with van der Waals surface area (Å²) in [7, 11) is 0. The third-order valence-corrected chi connectivity index (χ3v) is 18.2. The van der Waals surface area contributed by atoms with Crippen LogP contribution in [-0.2, 0) is 0 Å². The third kappa shape index (κ3) is 21.9. The SMILES string of the molecule is C1=CC(=C(c2ccccc2)c2ccccc2)C=C1.C=CCC(C)(C)C1=CC(=C(c2ccccc2)c2ccccc2)C=C1.C=CCC1=CC(=C(CCCC)CCCC)C=C1.C=CCC1=CC(=C(c2ccccc2)c2ccccc2)C=C1.C=CCC1=CC(=C(c2ccccc2)c2ccccc2)C=C1. The molecule has 0 fully saturated rings. The van der Waals surface area contributed by atoms with Gasteiger partial charge in [-0.2, -0.15) is 0 Å². The van der Waals surface area contributed by atoms with Gasteiger partial charge in [0.2, 0.25) is 0 Å². The summed E-state index contributed by atoms with van der Waals surface area (Å²) in [5.74, 6) is 0. The van der Waals surface area contributed by atoms with Crippen LogP contribution in [0.1, 0.15) is 136 Å². The van der Waals surface area contributed by atoms with Crippen LogP contribution in [0.15, 0.2) is 446 Å². The lowest BCUT2D eigenvalue weighted by Gasteiger charge is -2.23. The first-order valence-electron chi connectivity index (χ1n) is 36.1. The summed E-state index contributed by atoms with van der Waals surface area (Å²) in [6.07, 6.45) is 54.9. The highest BCUT2D eigenvalue weighted by Gasteiger charge is 2.24. The van der Waals surface area contributed by atoms with Crippen molar-refractivity contribution in [2.75, 3.05) is 0 Å². The largest absolute Gasteiger partial charge is 0.103 e. The average molecular weight is 1310 g/mol. The van der Waals surface area contributed by atoms with Gasteiger partial charge in [-0.05, 0) is 174 Å². The first-order valence-corrected chi connectivity index (χ1v) is 36.1. The molecule has 13 rings (SSSR count). The van der Waals surface area contributed by atoms with Gasteiger partial charge in [0.25, 0.3) is 0 Å². The Labute approximate surface area is 606 Å². The maximum absolute atomic E-state index is 3.90. The van der Waals surface area contributed by atoms with E-state index in [0.717, 1.165) is 25.7 Å². The average Bonchev–Trinajstić information content (AvgIpc) is 1.74. The molecular weight excluding hydrogens is 1210 g/mol. The van der Waals surface area contributed by atoms with Crippen molar-refractivity contribution < 1.29 is 0 Å². The van der Waals surface area contributed by atoms with Gasteiger partial charge in [-0.1, -0.05) is 410 Å². The second kappa shape index (κ2) is 40.0. The van der Waals surface area contributed by atoms with Gasteiger partial charge in [-0.3, -0.25) is 0 Å². The zero-order chi connectivity index (χ0) is 70.7. The lowest BCUT2D eigenvalue weighted by atomic mass is 9.81. The Bertz CT molecular complexity index is 4190. The van der Waals surface area contributed by atoms with E-state index in [1.165, 1.54) is 155 Å². The molecule has 0 bridgehead atoms. The summed E-state index contributed by atoms with van der Waals surface area (Å²) in [6.45, 7) is 24.4. The summed E-state index contributed by atoms with van der Waals surface area (Å²) in [4.78, 5) is 0. The van der Waals surface area contributed by atoms with E-state index < -0.39 is 0 Å². The van der Waals surface area contributed by atoms with Crippen molar-refractivity contribution in [3.8, 4) is 0 Å². The minimum Gasteiger partial charge on any atom is -0.103 e. The molecule has 8 aromatic rings. The van der Waals surface area contributed by atoms with Crippen LogP contribution in [0.25, 0.3) is 22.3 Å². The minimum absolute atomic E-state index is 0.110. The van der Waals surface area contributed by atoms with Gasteiger partial charge < -0.3 is 0 Å². The molecule has 0 aromatic heterocycles. The fraction of sp³-hybridized carbons (Fsp3) is 0.149. The highest BCUT2D eigenvalue weighted by atomic mass is 14.3. The monoisotopic (exact) mass is 1310 g/mol. The number of rotatable bonds is 23. The Kier molecular flexibility index (Phi) is 29.3. The summed E-state index contributed by atoms with van der Waals surface area (Å²) in [5.41, 5.74) is 28.9. The molecule has 0 aliphatic heterocycles. The molecule has 0 nitrogen and oxygen atoms in total. The second-order valence-corrected chi connectivity index (χ2v) is 26.2. The Morgan fingerprint density at radius 3 is 0.822 bits per heavy atom. The van der Waals surface area contributed by atoms with E-state index in [9.17, 15) is 0 Å². The molecule has 0 radical (unpaired) electrons. The van der Waals surface area contributed by atoms with Crippen molar-refractivity contribution in [2.24, 2.45) is 5.41 Å². The Balaban J connectivity index is 0.000000148. The molecule has 0 unspecified atom stereocenters. The van der Waals surface area contributed by atoms with Gasteiger partial charge in [-0.25, -0.2) is 0 Å². The molecule has 504 valence electrons. The van der Waals surface area contributed by atoms with Crippen LogP contribution < -0.4 is 0 Å². The van der Waals surface area contributed by atoms with Crippen LogP contribution in [0.5, 0.6) is 0 Å². The van der Waals surface area contributed by atoms with Crippen molar-refractivity contribution in [3.05, 3.63) is 491 Å². The molecule has 0 atom stereocenters. The van der Waals surface area contributed by atoms with E-state index in [0.29, 0.717) is 0 Å². The molecule has 0 heterocycles. The Morgan fingerprint density at radius 2 is 0.545 bits per heavy atom. The number of allylic oxidation sites excluding steroid dienone is 30. The topological polar surface area (TPSA) is 0 Å². The van der Waals surface area contributed by atoms with E-state index in [2.05, 4.69) is 394 Å². The van der Waals surface area contributed by atoms with Crippen LogP contribution in [0, 0.1) is 5.41 Å². The molecule has 0 heteroatoms. The molecule has 5 aliphatic rings. The highest BCUT2D eigenvalue weighted by Crippen LogP contribution is 2.40. The molecule has 101 heavy (non-hydrogen) atoms. The van der Waals surface area contributed by atoms with E-state index in [1.807, 2.05) is 24.3 Å². The van der Waals surface area contributed by atoms with Crippen molar-refractivity contribution in [1.82, 2.24) is 0 Å². The van der Waals surface area contributed by atoms with Crippen LogP contribution >= 0.6 is 0 Å². The van der Waals surface area contributed by atoms with E-state index >= 15 is 0 Å². The summed E-state index contributed by atoms with van der Waals surface area (Å²) < 4.78 is 0. The standard InChI is InChI=1S/C24H24.2C21H18.C18H14.C17H26/c1-4-17-24(2,3)22-16-15-21(18-22)23(19-11-7-5-8-12-19)20-13-9-6-10-14-20;2*1-2-9-17-14-15-20(16-17)21(18-10-5-3-6-11-18)19-12-7-4-8-13-19;1-3-9-15(10-4-1)18(17-13-7-8-14-17)16-11-5-2-6-12-16;1-4-7-10-16(11-8-5-2)17-13-12-15(14-17)9-6-3/h4-16,18H,1,17H2,2-3H3;2*2-8,10-16H,1,9H2;1-14H;6,12-14H,3-5,7-11H2,1-2H3. The molecule has 0 spiro atoms. The fourth-order valence-corrected chi connectivity index (χ4v) is 13.0. The Hall–Kier alpha value is -11.2. The number of unbranched alkanes of at least 4 members (excludes halogenated alkanes) is 2. The summed E-state index contributed by atoms with van der Waals surface area (Å²) in [5, 5.41) is 0. The van der Waals surface area contributed by atoms with Crippen molar-refractivity contribution in [2.45, 2.75) is 91.9 Å². The van der Waals surface area contributed by atoms with Crippen LogP contribution in [0.4, 0.5) is 0 Å². The first kappa shape index (κ1) is 74.1. The Morgan fingerprint density at radius 1 is 0.287 bits per heavy atom. The molecule has 5 aliphatic carbocycles. The quantitative estimate of drug-likeness (QED) is 0.0560. The predicted octanol–water partition coefficient (Wildman–Crippen LogP) is 28.1. The predicted molar refractivity (Wildman–Crippen MR) is 442 cm³/mol. The van der Waals surface area contributed by atoms with Crippen LogP contribution in [0.2, 0.25) is 0 Å². The van der Waals surface area contributed by atoms with E-state index in [-0.39, 0.29) is 5.41 Å². The minimum atomic E-state index is 0.110. The highest BCUT2D eigenvalue weighted by molar-refractivity contribution is 5.89. The maximum Gasteiger partial charge on any atom is -0.00388 e. The zero-order valence-electron chi connectivity index (χ0n) is 60.0. The summed E-state index contributed by atoms with van der Waals surface area (Å²) in [6, 6.07) is 84.7. The van der Waals surface area contributed by atoms with Gasteiger partial charge in [0, 0.05) is 0 Å². The molecule has 0 saturated heterocycles.